The van der Waals surface area contributed by atoms with Crippen molar-refractivity contribution in [3.8, 4) is 17.2 Å². The summed E-state index contributed by atoms with van der Waals surface area (Å²) in [7, 11) is 0. The van der Waals surface area contributed by atoms with E-state index >= 15 is 0 Å². The lowest BCUT2D eigenvalue weighted by atomic mass is 10.2. The average Bonchev–Trinajstić information content (AvgIpc) is 2.64. The Labute approximate surface area is 144 Å². The van der Waals surface area contributed by atoms with E-state index in [1.807, 2.05) is 61.5 Å². The fraction of sp³-hybridized carbons (Fsp3) is 0.182. The molecule has 0 heterocycles. The molecule has 24 heavy (non-hydrogen) atoms. The molecule has 124 valence electrons. The second-order valence-corrected chi connectivity index (χ2v) is 5.33. The Balaban J connectivity index is 1.93. The van der Waals surface area contributed by atoms with Gasteiger partial charge < -0.3 is 9.47 Å². The van der Waals surface area contributed by atoms with Gasteiger partial charge >= 0.3 is 0 Å². The molecule has 0 radical (unpaired) electrons. The number of hydrogen-bond acceptors (Lipinski definition) is 2. The zero-order valence-electron chi connectivity index (χ0n) is 14.4. The van der Waals surface area contributed by atoms with Crippen LogP contribution in [0.5, 0.6) is 17.2 Å². The largest absolute Gasteiger partial charge is 0.489 e. The summed E-state index contributed by atoms with van der Waals surface area (Å²) in [5.41, 5.74) is 2.33. The molecule has 0 spiro atoms. The Morgan fingerprint density at radius 2 is 1.54 bits per heavy atom. The Bertz CT molecular complexity index is 692. The van der Waals surface area contributed by atoms with Crippen LogP contribution in [-0.4, -0.2) is 6.61 Å². The molecule has 0 aliphatic rings. The van der Waals surface area contributed by atoms with E-state index in [0.717, 1.165) is 29.2 Å². The van der Waals surface area contributed by atoms with Crippen molar-refractivity contribution in [3.63, 3.8) is 0 Å². The summed E-state index contributed by atoms with van der Waals surface area (Å²) in [6, 6.07) is 15.8. The van der Waals surface area contributed by atoms with Crippen LogP contribution in [0.3, 0.4) is 0 Å². The van der Waals surface area contributed by atoms with Crippen molar-refractivity contribution in [1.29, 1.82) is 0 Å². The highest BCUT2D eigenvalue weighted by atomic mass is 16.5. The van der Waals surface area contributed by atoms with Gasteiger partial charge in [-0.1, -0.05) is 49.9 Å². The zero-order chi connectivity index (χ0) is 17.2. The second-order valence-electron chi connectivity index (χ2n) is 5.33. The highest BCUT2D eigenvalue weighted by molar-refractivity contribution is 5.36. The van der Waals surface area contributed by atoms with Crippen LogP contribution in [0.25, 0.3) is 0 Å². The zero-order valence-corrected chi connectivity index (χ0v) is 14.4. The summed E-state index contributed by atoms with van der Waals surface area (Å²) in [4.78, 5) is 0. The van der Waals surface area contributed by atoms with Crippen molar-refractivity contribution >= 4 is 0 Å². The van der Waals surface area contributed by atoms with Crippen LogP contribution in [-0.2, 0) is 6.42 Å². The molecule has 0 aliphatic carbocycles. The van der Waals surface area contributed by atoms with E-state index < -0.39 is 0 Å². The minimum absolute atomic E-state index is 0.493. The number of aryl methyl sites for hydroxylation is 1. The van der Waals surface area contributed by atoms with Crippen molar-refractivity contribution in [1.82, 2.24) is 0 Å². The van der Waals surface area contributed by atoms with Crippen LogP contribution >= 0.6 is 0 Å². The summed E-state index contributed by atoms with van der Waals surface area (Å²) in [5.74, 6) is 2.43. The minimum Gasteiger partial charge on any atom is -0.489 e. The van der Waals surface area contributed by atoms with E-state index in [-0.39, 0.29) is 0 Å². The quantitative estimate of drug-likeness (QED) is 0.546. The second kappa shape index (κ2) is 9.41. The highest BCUT2D eigenvalue weighted by Gasteiger charge is 2.00. The van der Waals surface area contributed by atoms with Crippen LogP contribution < -0.4 is 9.47 Å². The van der Waals surface area contributed by atoms with Crippen molar-refractivity contribution in [2.24, 2.45) is 0 Å². The molecule has 0 saturated carbocycles. The fourth-order valence-corrected chi connectivity index (χ4v) is 2.09. The maximum Gasteiger partial charge on any atom is 0.127 e. The fourth-order valence-electron chi connectivity index (χ4n) is 2.09. The first-order valence-electron chi connectivity index (χ1n) is 8.19. The van der Waals surface area contributed by atoms with Crippen LogP contribution in [0.2, 0.25) is 0 Å². The van der Waals surface area contributed by atoms with Gasteiger partial charge in [-0.2, -0.15) is 0 Å². The third-order valence-electron chi connectivity index (χ3n) is 3.56. The predicted octanol–water partition coefficient (Wildman–Crippen LogP) is 6.11. The molecule has 2 heteroatoms. The molecule has 2 rings (SSSR count). The van der Waals surface area contributed by atoms with Gasteiger partial charge in [-0.15, -0.1) is 0 Å². The summed E-state index contributed by atoms with van der Waals surface area (Å²) >= 11 is 0. The molecule has 0 saturated heterocycles. The van der Waals surface area contributed by atoms with Crippen molar-refractivity contribution in [2.45, 2.75) is 20.3 Å². The van der Waals surface area contributed by atoms with Crippen LogP contribution in [0.1, 0.15) is 19.4 Å². The number of rotatable bonds is 8. The minimum atomic E-state index is 0.493. The third kappa shape index (κ3) is 5.47. The SMILES string of the molecule is C=C/C(=C\C=C/C)COc1ccc(Oc2ccc(CC)cc2)cc1. The lowest BCUT2D eigenvalue weighted by Crippen LogP contribution is -1.99. The standard InChI is InChI=1S/C22H24O2/c1-4-7-8-19(6-3)17-23-20-13-15-22(16-14-20)24-21-11-9-18(5-2)10-12-21/h4,6-16H,3,5,17H2,1-2H3/b7-4-,19-8+. The van der Waals surface area contributed by atoms with Gasteiger partial charge in [-0.05, 0) is 60.9 Å². The first-order valence-corrected chi connectivity index (χ1v) is 8.19. The lowest BCUT2D eigenvalue weighted by Gasteiger charge is -2.09. The van der Waals surface area contributed by atoms with E-state index in [1.54, 1.807) is 6.08 Å². The van der Waals surface area contributed by atoms with E-state index in [1.165, 1.54) is 5.56 Å². The van der Waals surface area contributed by atoms with Gasteiger partial charge in [0.25, 0.3) is 0 Å². The Morgan fingerprint density at radius 3 is 2.08 bits per heavy atom. The molecule has 0 N–H and O–H groups in total. The summed E-state index contributed by atoms with van der Waals surface area (Å²) in [5, 5.41) is 0. The van der Waals surface area contributed by atoms with E-state index in [4.69, 9.17) is 9.47 Å². The molecule has 2 aromatic rings. The average molecular weight is 320 g/mol. The normalized spacial score (nSPS) is 11.5. The van der Waals surface area contributed by atoms with Crippen LogP contribution in [0, 0.1) is 0 Å². The van der Waals surface area contributed by atoms with Gasteiger partial charge in [0.2, 0.25) is 0 Å². The number of hydrogen-bond donors (Lipinski definition) is 0. The molecule has 0 bridgehead atoms. The van der Waals surface area contributed by atoms with E-state index in [2.05, 4.69) is 25.6 Å². The molecule has 0 atom stereocenters. The molecule has 2 aromatic carbocycles. The maximum absolute atomic E-state index is 5.84. The molecule has 0 aliphatic heterocycles. The maximum atomic E-state index is 5.84. The van der Waals surface area contributed by atoms with Gasteiger partial charge in [0.1, 0.15) is 23.9 Å². The first kappa shape index (κ1) is 17.6. The van der Waals surface area contributed by atoms with Gasteiger partial charge in [0.15, 0.2) is 0 Å². The molecule has 0 amide bonds. The monoisotopic (exact) mass is 320 g/mol. The Kier molecular flexibility index (Phi) is 6.91. The summed E-state index contributed by atoms with van der Waals surface area (Å²) < 4.78 is 11.6. The molecule has 2 nitrogen and oxygen atoms in total. The predicted molar refractivity (Wildman–Crippen MR) is 101 cm³/mol. The van der Waals surface area contributed by atoms with Gasteiger partial charge in [0, 0.05) is 0 Å². The summed E-state index contributed by atoms with van der Waals surface area (Å²) in [6.45, 7) is 8.41. The first-order chi connectivity index (χ1) is 11.7. The molecule has 0 fully saturated rings. The Morgan fingerprint density at radius 1 is 0.958 bits per heavy atom. The topological polar surface area (TPSA) is 18.5 Å². The lowest BCUT2D eigenvalue weighted by molar-refractivity contribution is 0.355. The number of benzene rings is 2. The van der Waals surface area contributed by atoms with Crippen molar-refractivity contribution in [3.05, 3.63) is 90.6 Å². The van der Waals surface area contributed by atoms with E-state index in [9.17, 15) is 0 Å². The van der Waals surface area contributed by atoms with Crippen LogP contribution in [0.4, 0.5) is 0 Å². The van der Waals surface area contributed by atoms with Gasteiger partial charge in [-0.3, -0.25) is 0 Å². The third-order valence-corrected chi connectivity index (χ3v) is 3.56. The number of ether oxygens (including phenoxy) is 2. The molecule has 0 unspecified atom stereocenters. The van der Waals surface area contributed by atoms with Gasteiger partial charge in [-0.25, -0.2) is 0 Å². The molecular formula is C22H24O2. The number of allylic oxidation sites excluding steroid dienone is 3. The van der Waals surface area contributed by atoms with Crippen molar-refractivity contribution in [2.75, 3.05) is 6.61 Å². The van der Waals surface area contributed by atoms with Crippen molar-refractivity contribution < 1.29 is 9.47 Å². The highest BCUT2D eigenvalue weighted by Crippen LogP contribution is 2.24. The van der Waals surface area contributed by atoms with Gasteiger partial charge in [0.05, 0.1) is 0 Å². The molecule has 0 aromatic heterocycles. The smallest absolute Gasteiger partial charge is 0.127 e. The molecular weight excluding hydrogens is 296 g/mol. The van der Waals surface area contributed by atoms with Crippen LogP contribution in [0.15, 0.2) is 85.0 Å². The summed E-state index contributed by atoms with van der Waals surface area (Å²) in [6.07, 6.45) is 8.77. The Hall–Kier alpha value is -2.74. The van der Waals surface area contributed by atoms with E-state index in [0.29, 0.717) is 6.61 Å².